The molecule has 0 aliphatic carbocycles. The van der Waals surface area contributed by atoms with Crippen LogP contribution >= 0.6 is 0 Å². The first-order valence-electron chi connectivity index (χ1n) is 9.71. The van der Waals surface area contributed by atoms with Gasteiger partial charge in [0.2, 0.25) is 0 Å². The van der Waals surface area contributed by atoms with Gasteiger partial charge in [-0.3, -0.25) is 4.79 Å². The molecule has 1 atom stereocenters. The first kappa shape index (κ1) is 17.0. The van der Waals surface area contributed by atoms with Gasteiger partial charge in [-0.1, -0.05) is 31.2 Å². The number of anilines is 1. The Morgan fingerprint density at radius 2 is 1.96 bits per heavy atom. The monoisotopic (exact) mass is 350 g/mol. The average molecular weight is 350 g/mol. The lowest BCUT2D eigenvalue weighted by Crippen LogP contribution is -2.43. The molecule has 0 radical (unpaired) electrons. The molecule has 1 aromatic heterocycles. The summed E-state index contributed by atoms with van der Waals surface area (Å²) in [5, 5.41) is 0. The highest BCUT2D eigenvalue weighted by Crippen LogP contribution is 2.24. The summed E-state index contributed by atoms with van der Waals surface area (Å²) in [6, 6.07) is 8.89. The number of amides is 1. The fourth-order valence-electron chi connectivity index (χ4n) is 4.13. The van der Waals surface area contributed by atoms with Crippen LogP contribution in [0.5, 0.6) is 0 Å². The van der Waals surface area contributed by atoms with Crippen LogP contribution in [0.15, 0.2) is 36.7 Å². The predicted octanol–water partition coefficient (Wildman–Crippen LogP) is 3.44. The maximum atomic E-state index is 12.8. The van der Waals surface area contributed by atoms with E-state index in [-0.39, 0.29) is 5.91 Å². The highest BCUT2D eigenvalue weighted by molar-refractivity contribution is 5.92. The minimum absolute atomic E-state index is 0.0274. The van der Waals surface area contributed by atoms with E-state index < -0.39 is 0 Å². The highest BCUT2D eigenvalue weighted by Gasteiger charge is 2.27. The van der Waals surface area contributed by atoms with E-state index in [2.05, 4.69) is 46.1 Å². The van der Waals surface area contributed by atoms with E-state index >= 15 is 0 Å². The third kappa shape index (κ3) is 3.30. The van der Waals surface area contributed by atoms with Crippen molar-refractivity contribution in [1.29, 1.82) is 0 Å². The van der Waals surface area contributed by atoms with Gasteiger partial charge in [-0.15, -0.1) is 0 Å². The molecule has 136 valence electrons. The SMILES string of the molecule is CCC1CCCCN1C(=O)c1cnc(N2CCc3ccccc3C2)cn1. The van der Waals surface area contributed by atoms with Crippen LogP contribution in [0.1, 0.15) is 54.2 Å². The third-order valence-electron chi connectivity index (χ3n) is 5.67. The van der Waals surface area contributed by atoms with Gasteiger partial charge in [0.15, 0.2) is 0 Å². The number of fused-ring (bicyclic) bond motifs is 1. The molecule has 1 aromatic carbocycles. The molecule has 26 heavy (non-hydrogen) atoms. The van der Waals surface area contributed by atoms with E-state index in [9.17, 15) is 4.79 Å². The number of hydrogen-bond donors (Lipinski definition) is 0. The normalized spacial score (nSPS) is 20.0. The van der Waals surface area contributed by atoms with E-state index in [1.807, 2.05) is 4.90 Å². The Balaban J connectivity index is 1.48. The minimum atomic E-state index is 0.0274. The Labute approximate surface area is 155 Å². The largest absolute Gasteiger partial charge is 0.351 e. The molecular formula is C21H26N4O. The van der Waals surface area contributed by atoms with Crippen LogP contribution in [0.4, 0.5) is 5.82 Å². The maximum Gasteiger partial charge on any atom is 0.274 e. The number of nitrogens with zero attached hydrogens (tertiary/aromatic N) is 4. The highest BCUT2D eigenvalue weighted by atomic mass is 16.2. The summed E-state index contributed by atoms with van der Waals surface area (Å²) in [4.78, 5) is 26.1. The zero-order valence-electron chi connectivity index (χ0n) is 15.4. The van der Waals surface area contributed by atoms with Crippen molar-refractivity contribution in [1.82, 2.24) is 14.9 Å². The van der Waals surface area contributed by atoms with Crippen molar-refractivity contribution in [3.63, 3.8) is 0 Å². The lowest BCUT2D eigenvalue weighted by atomic mass is 9.99. The molecule has 5 heteroatoms. The molecule has 1 fully saturated rings. The summed E-state index contributed by atoms with van der Waals surface area (Å²) in [7, 11) is 0. The summed E-state index contributed by atoms with van der Waals surface area (Å²) in [6.45, 7) is 4.77. The van der Waals surface area contributed by atoms with Crippen molar-refractivity contribution < 1.29 is 4.79 Å². The van der Waals surface area contributed by atoms with Crippen molar-refractivity contribution in [2.24, 2.45) is 0 Å². The number of likely N-dealkylation sites (tertiary alicyclic amines) is 1. The summed E-state index contributed by atoms with van der Waals surface area (Å²) < 4.78 is 0. The van der Waals surface area contributed by atoms with Gasteiger partial charge in [0, 0.05) is 25.7 Å². The maximum absolute atomic E-state index is 12.8. The van der Waals surface area contributed by atoms with Gasteiger partial charge in [0.1, 0.15) is 11.5 Å². The van der Waals surface area contributed by atoms with Gasteiger partial charge in [-0.25, -0.2) is 9.97 Å². The van der Waals surface area contributed by atoms with Crippen LogP contribution < -0.4 is 4.90 Å². The lowest BCUT2D eigenvalue weighted by molar-refractivity contribution is 0.0601. The standard InChI is InChI=1S/C21H26N4O/c1-2-18-9-5-6-11-25(18)21(26)19-13-23-20(14-22-19)24-12-10-16-7-3-4-8-17(16)15-24/h3-4,7-8,13-14,18H,2,5-6,9-12,15H2,1H3. The Bertz CT molecular complexity index is 774. The van der Waals surface area contributed by atoms with Crippen molar-refractivity contribution >= 4 is 11.7 Å². The average Bonchev–Trinajstić information content (AvgIpc) is 2.73. The van der Waals surface area contributed by atoms with Crippen LogP contribution in [-0.2, 0) is 13.0 Å². The van der Waals surface area contributed by atoms with Gasteiger partial charge < -0.3 is 9.80 Å². The molecule has 2 aliphatic rings. The zero-order valence-corrected chi connectivity index (χ0v) is 15.4. The zero-order chi connectivity index (χ0) is 17.9. The summed E-state index contributed by atoms with van der Waals surface area (Å²) in [5.74, 6) is 0.876. The Hall–Kier alpha value is -2.43. The van der Waals surface area contributed by atoms with Crippen molar-refractivity contribution in [3.8, 4) is 0 Å². The van der Waals surface area contributed by atoms with Gasteiger partial charge >= 0.3 is 0 Å². The molecule has 0 spiro atoms. The molecule has 2 aliphatic heterocycles. The second-order valence-electron chi connectivity index (χ2n) is 7.26. The molecule has 5 nitrogen and oxygen atoms in total. The minimum Gasteiger partial charge on any atom is -0.351 e. The van der Waals surface area contributed by atoms with E-state index in [4.69, 9.17) is 0 Å². The number of carbonyl (C=O) groups excluding carboxylic acids is 1. The molecule has 0 saturated carbocycles. The summed E-state index contributed by atoms with van der Waals surface area (Å²) >= 11 is 0. The van der Waals surface area contributed by atoms with Crippen LogP contribution in [0.2, 0.25) is 0 Å². The molecule has 3 heterocycles. The smallest absolute Gasteiger partial charge is 0.274 e. The molecule has 1 saturated heterocycles. The fourth-order valence-corrected chi connectivity index (χ4v) is 4.13. The molecule has 2 aromatic rings. The Kier molecular flexibility index (Phi) is 4.87. The first-order chi connectivity index (χ1) is 12.8. The van der Waals surface area contributed by atoms with Crippen LogP contribution in [0, 0.1) is 0 Å². The molecule has 1 amide bonds. The quantitative estimate of drug-likeness (QED) is 0.851. The number of rotatable bonds is 3. The van der Waals surface area contributed by atoms with Crippen LogP contribution in [0.3, 0.4) is 0 Å². The summed E-state index contributed by atoms with van der Waals surface area (Å²) in [5.41, 5.74) is 3.23. The second kappa shape index (κ2) is 7.44. The molecule has 1 unspecified atom stereocenters. The number of carbonyl (C=O) groups is 1. The number of piperidine rings is 1. The van der Waals surface area contributed by atoms with Crippen molar-refractivity contribution in [3.05, 3.63) is 53.5 Å². The van der Waals surface area contributed by atoms with E-state index in [0.717, 1.165) is 51.1 Å². The lowest BCUT2D eigenvalue weighted by Gasteiger charge is -2.35. The molecule has 0 N–H and O–H groups in total. The van der Waals surface area contributed by atoms with E-state index in [0.29, 0.717) is 11.7 Å². The topological polar surface area (TPSA) is 49.3 Å². The molecular weight excluding hydrogens is 324 g/mol. The Morgan fingerprint density at radius 3 is 2.73 bits per heavy atom. The predicted molar refractivity (Wildman–Crippen MR) is 102 cm³/mol. The first-order valence-corrected chi connectivity index (χ1v) is 9.71. The fraction of sp³-hybridized carbons (Fsp3) is 0.476. The number of hydrogen-bond acceptors (Lipinski definition) is 4. The Morgan fingerprint density at radius 1 is 1.12 bits per heavy atom. The summed E-state index contributed by atoms with van der Waals surface area (Å²) in [6.07, 6.45) is 8.83. The van der Waals surface area contributed by atoms with Gasteiger partial charge in [-0.05, 0) is 43.2 Å². The van der Waals surface area contributed by atoms with Gasteiger partial charge in [-0.2, -0.15) is 0 Å². The number of aromatic nitrogens is 2. The number of benzene rings is 1. The van der Waals surface area contributed by atoms with E-state index in [1.54, 1.807) is 12.4 Å². The van der Waals surface area contributed by atoms with Gasteiger partial charge in [0.25, 0.3) is 5.91 Å². The van der Waals surface area contributed by atoms with Crippen molar-refractivity contribution in [2.75, 3.05) is 18.0 Å². The van der Waals surface area contributed by atoms with Crippen molar-refractivity contribution in [2.45, 2.75) is 51.6 Å². The van der Waals surface area contributed by atoms with Crippen LogP contribution in [-0.4, -0.2) is 39.9 Å². The second-order valence-corrected chi connectivity index (χ2v) is 7.26. The van der Waals surface area contributed by atoms with Gasteiger partial charge in [0.05, 0.1) is 12.4 Å². The molecule has 4 rings (SSSR count). The van der Waals surface area contributed by atoms with Crippen LogP contribution in [0.25, 0.3) is 0 Å². The molecule has 0 bridgehead atoms. The van der Waals surface area contributed by atoms with E-state index in [1.165, 1.54) is 17.5 Å². The third-order valence-corrected chi connectivity index (χ3v) is 5.67.